The van der Waals surface area contributed by atoms with Crippen LogP contribution in [0.3, 0.4) is 0 Å². The predicted octanol–water partition coefficient (Wildman–Crippen LogP) is 2.76. The molecule has 152 valence electrons. The summed E-state index contributed by atoms with van der Waals surface area (Å²) < 4.78 is 12.7. The molecule has 0 spiro atoms. The van der Waals surface area contributed by atoms with Gasteiger partial charge in [-0.15, -0.1) is 0 Å². The van der Waals surface area contributed by atoms with E-state index in [9.17, 15) is 0 Å². The molecule has 2 aliphatic rings. The smallest absolute Gasteiger partial charge is 0.153 e. The zero-order valence-electron chi connectivity index (χ0n) is 16.8. The molecule has 1 saturated carbocycles. The molecule has 8 heteroatoms. The number of rotatable bonds is 5. The molecule has 1 aliphatic heterocycles. The van der Waals surface area contributed by atoms with E-state index in [1.54, 1.807) is 14.2 Å². The minimum absolute atomic E-state index is 0.315. The molecule has 2 aromatic heterocycles. The molecular formula is C21H26N6O2. The first-order chi connectivity index (χ1) is 14.2. The fraction of sp³-hybridized carbons (Fsp3) is 0.476. The standard InChI is InChI=1S/C21H26N6O2/c1-28-15-8-14(9-16(10-15)29-2)27-19-18(17(26-27)13-6-7-23-11-13)24-21(25-20(19)22)12-4-3-5-12/h8-10,12-13,23H,3-7,11H2,1-2H3,(H2,22,24,25). The topological polar surface area (TPSA) is 100 Å². The van der Waals surface area contributed by atoms with Crippen LogP contribution in [0, 0.1) is 0 Å². The fourth-order valence-corrected chi connectivity index (χ4v) is 4.20. The monoisotopic (exact) mass is 394 g/mol. The summed E-state index contributed by atoms with van der Waals surface area (Å²) >= 11 is 0. The number of nitrogen functional groups attached to an aromatic ring is 1. The molecule has 0 bridgehead atoms. The lowest BCUT2D eigenvalue weighted by molar-refractivity contribution is 0.394. The van der Waals surface area contributed by atoms with Crippen molar-refractivity contribution in [3.05, 3.63) is 29.7 Å². The number of ether oxygens (including phenoxy) is 2. The van der Waals surface area contributed by atoms with E-state index in [0.717, 1.165) is 60.6 Å². The molecule has 8 nitrogen and oxygen atoms in total. The third kappa shape index (κ3) is 3.07. The van der Waals surface area contributed by atoms with Gasteiger partial charge < -0.3 is 20.5 Å². The Hall–Kier alpha value is -2.87. The van der Waals surface area contributed by atoms with E-state index in [-0.39, 0.29) is 0 Å². The van der Waals surface area contributed by atoms with Gasteiger partial charge in [-0.25, -0.2) is 14.6 Å². The van der Waals surface area contributed by atoms with Crippen LogP contribution in [0.25, 0.3) is 16.7 Å². The average molecular weight is 394 g/mol. The zero-order valence-corrected chi connectivity index (χ0v) is 16.8. The van der Waals surface area contributed by atoms with Gasteiger partial charge in [0.15, 0.2) is 5.82 Å². The first-order valence-corrected chi connectivity index (χ1v) is 10.2. The Morgan fingerprint density at radius 1 is 1.03 bits per heavy atom. The lowest BCUT2D eigenvalue weighted by Crippen LogP contribution is -2.14. The van der Waals surface area contributed by atoms with Crippen LogP contribution in [0.1, 0.15) is 49.0 Å². The summed E-state index contributed by atoms with van der Waals surface area (Å²) in [6, 6.07) is 5.68. The summed E-state index contributed by atoms with van der Waals surface area (Å²) in [7, 11) is 3.27. The van der Waals surface area contributed by atoms with Crippen molar-refractivity contribution < 1.29 is 9.47 Å². The summed E-state index contributed by atoms with van der Waals surface area (Å²) in [6.45, 7) is 1.89. The van der Waals surface area contributed by atoms with Gasteiger partial charge in [0.2, 0.25) is 0 Å². The van der Waals surface area contributed by atoms with E-state index in [0.29, 0.717) is 29.2 Å². The summed E-state index contributed by atoms with van der Waals surface area (Å²) in [5, 5.41) is 8.41. The Labute approximate surface area is 169 Å². The van der Waals surface area contributed by atoms with Gasteiger partial charge in [-0.3, -0.25) is 0 Å². The van der Waals surface area contributed by atoms with Gasteiger partial charge in [-0.2, -0.15) is 5.10 Å². The Kier molecular flexibility index (Phi) is 4.50. The van der Waals surface area contributed by atoms with Crippen molar-refractivity contribution in [2.45, 2.75) is 37.5 Å². The van der Waals surface area contributed by atoms with Gasteiger partial charge in [-0.1, -0.05) is 6.42 Å². The maximum atomic E-state index is 6.47. The van der Waals surface area contributed by atoms with Crippen LogP contribution >= 0.6 is 0 Å². The second-order valence-electron chi connectivity index (χ2n) is 7.85. The minimum atomic E-state index is 0.315. The second-order valence-corrected chi connectivity index (χ2v) is 7.85. The highest BCUT2D eigenvalue weighted by Crippen LogP contribution is 2.38. The largest absolute Gasteiger partial charge is 0.497 e. The molecule has 0 amide bonds. The Bertz CT molecular complexity index is 1030. The van der Waals surface area contributed by atoms with E-state index in [4.69, 9.17) is 25.3 Å². The van der Waals surface area contributed by atoms with Crippen LogP contribution in [-0.2, 0) is 0 Å². The lowest BCUT2D eigenvalue weighted by atomic mass is 9.85. The molecule has 1 unspecified atom stereocenters. The third-order valence-corrected chi connectivity index (χ3v) is 6.09. The van der Waals surface area contributed by atoms with Crippen molar-refractivity contribution in [3.63, 3.8) is 0 Å². The lowest BCUT2D eigenvalue weighted by Gasteiger charge is -2.24. The van der Waals surface area contributed by atoms with Crippen molar-refractivity contribution in [2.75, 3.05) is 33.0 Å². The quantitative estimate of drug-likeness (QED) is 0.686. The molecule has 3 aromatic rings. The number of nitrogens with two attached hydrogens (primary N) is 1. The van der Waals surface area contributed by atoms with Gasteiger partial charge in [0.05, 0.1) is 25.6 Å². The summed E-state index contributed by atoms with van der Waals surface area (Å²) in [6.07, 6.45) is 4.53. The number of anilines is 1. The number of methoxy groups -OCH3 is 2. The molecule has 3 N–H and O–H groups in total. The highest BCUT2D eigenvalue weighted by atomic mass is 16.5. The number of benzene rings is 1. The molecule has 1 atom stereocenters. The van der Waals surface area contributed by atoms with Crippen molar-refractivity contribution in [1.29, 1.82) is 0 Å². The SMILES string of the molecule is COc1cc(OC)cc(-n2nc(C3CCNC3)c3nc(C4CCC4)nc(N)c32)c1. The van der Waals surface area contributed by atoms with Crippen LogP contribution in [-0.4, -0.2) is 47.1 Å². The van der Waals surface area contributed by atoms with Crippen LogP contribution in [0.5, 0.6) is 11.5 Å². The number of aromatic nitrogens is 4. The molecule has 0 radical (unpaired) electrons. The maximum Gasteiger partial charge on any atom is 0.153 e. The Morgan fingerprint density at radius 2 is 1.79 bits per heavy atom. The molecule has 5 rings (SSSR count). The van der Waals surface area contributed by atoms with Gasteiger partial charge in [0.25, 0.3) is 0 Å². The Balaban J connectivity index is 1.73. The number of nitrogens with one attached hydrogen (secondary N) is 1. The van der Waals surface area contributed by atoms with E-state index < -0.39 is 0 Å². The molecule has 1 saturated heterocycles. The summed E-state index contributed by atoms with van der Waals surface area (Å²) in [5.74, 6) is 3.45. The van der Waals surface area contributed by atoms with Gasteiger partial charge in [0, 0.05) is 36.6 Å². The number of nitrogens with zero attached hydrogens (tertiary/aromatic N) is 4. The Morgan fingerprint density at radius 3 is 2.38 bits per heavy atom. The molecule has 1 aliphatic carbocycles. The highest BCUT2D eigenvalue weighted by molar-refractivity contribution is 5.88. The van der Waals surface area contributed by atoms with Crippen molar-refractivity contribution in [2.24, 2.45) is 0 Å². The molecule has 1 aromatic carbocycles. The molecule has 3 heterocycles. The van der Waals surface area contributed by atoms with Crippen LogP contribution < -0.4 is 20.5 Å². The first kappa shape index (κ1) is 18.2. The zero-order chi connectivity index (χ0) is 20.0. The number of fused-ring (bicyclic) bond motifs is 1. The highest BCUT2D eigenvalue weighted by Gasteiger charge is 2.29. The number of hydrogen-bond donors (Lipinski definition) is 2. The maximum absolute atomic E-state index is 6.47. The second kappa shape index (κ2) is 7.18. The van der Waals surface area contributed by atoms with Crippen molar-refractivity contribution in [1.82, 2.24) is 25.1 Å². The van der Waals surface area contributed by atoms with Crippen molar-refractivity contribution in [3.8, 4) is 17.2 Å². The predicted molar refractivity (Wildman–Crippen MR) is 111 cm³/mol. The average Bonchev–Trinajstić information content (AvgIpc) is 3.34. The van der Waals surface area contributed by atoms with E-state index in [1.807, 2.05) is 22.9 Å². The van der Waals surface area contributed by atoms with Crippen LogP contribution in [0.15, 0.2) is 18.2 Å². The van der Waals surface area contributed by atoms with E-state index in [2.05, 4.69) is 10.3 Å². The van der Waals surface area contributed by atoms with E-state index >= 15 is 0 Å². The first-order valence-electron chi connectivity index (χ1n) is 10.2. The van der Waals surface area contributed by atoms with Crippen molar-refractivity contribution >= 4 is 16.9 Å². The minimum Gasteiger partial charge on any atom is -0.497 e. The van der Waals surface area contributed by atoms with Gasteiger partial charge in [0.1, 0.15) is 28.4 Å². The summed E-state index contributed by atoms with van der Waals surface area (Å²) in [4.78, 5) is 9.63. The van der Waals surface area contributed by atoms with Gasteiger partial charge >= 0.3 is 0 Å². The molecule has 2 fully saturated rings. The summed E-state index contributed by atoms with van der Waals surface area (Å²) in [5.41, 5.74) is 9.90. The number of hydrogen-bond acceptors (Lipinski definition) is 7. The third-order valence-electron chi connectivity index (χ3n) is 6.09. The normalized spacial score (nSPS) is 19.4. The van der Waals surface area contributed by atoms with E-state index in [1.165, 1.54) is 6.42 Å². The molecule has 29 heavy (non-hydrogen) atoms. The van der Waals surface area contributed by atoms with Gasteiger partial charge in [-0.05, 0) is 25.8 Å². The fourth-order valence-electron chi connectivity index (χ4n) is 4.20. The van der Waals surface area contributed by atoms with Crippen LogP contribution in [0.2, 0.25) is 0 Å². The molecular weight excluding hydrogens is 368 g/mol. The van der Waals surface area contributed by atoms with Crippen LogP contribution in [0.4, 0.5) is 5.82 Å².